The second-order valence-electron chi connectivity index (χ2n) is 8.89. The predicted octanol–water partition coefficient (Wildman–Crippen LogP) is 6.18. The maximum absolute atomic E-state index is 13.2. The fraction of sp³-hybridized carbons (Fsp3) is 0.207. The molecule has 0 aliphatic carbocycles. The first-order valence-electron chi connectivity index (χ1n) is 12.0. The largest absolute Gasteiger partial charge is 0.573 e. The summed E-state index contributed by atoms with van der Waals surface area (Å²) in [6.45, 7) is 3.75. The van der Waals surface area contributed by atoms with Crippen LogP contribution in [-0.2, 0) is 22.7 Å². The van der Waals surface area contributed by atoms with Crippen molar-refractivity contribution < 1.29 is 37.3 Å². The molecule has 0 aliphatic heterocycles. The van der Waals surface area contributed by atoms with E-state index < -0.39 is 30.0 Å². The third-order valence-electron chi connectivity index (χ3n) is 5.90. The highest BCUT2D eigenvalue weighted by Gasteiger charge is 2.31. The van der Waals surface area contributed by atoms with E-state index in [-0.39, 0.29) is 24.2 Å². The van der Waals surface area contributed by atoms with Gasteiger partial charge < -0.3 is 14.6 Å². The van der Waals surface area contributed by atoms with Gasteiger partial charge in [0.25, 0.3) is 0 Å². The summed E-state index contributed by atoms with van der Waals surface area (Å²) < 4.78 is 49.3. The van der Waals surface area contributed by atoms with Crippen LogP contribution >= 0.6 is 0 Å². The molecule has 0 aliphatic rings. The molecule has 0 radical (unpaired) electrons. The molecule has 0 fully saturated rings. The molecule has 1 atom stereocenters. The predicted molar refractivity (Wildman–Crippen MR) is 138 cm³/mol. The first-order valence-corrected chi connectivity index (χ1v) is 12.0. The molecule has 0 saturated carbocycles. The monoisotopic (exact) mass is 538 g/mol. The minimum absolute atomic E-state index is 0.0230. The molecule has 1 heterocycles. The zero-order valence-corrected chi connectivity index (χ0v) is 21.1. The van der Waals surface area contributed by atoms with Crippen molar-refractivity contribution in [1.82, 2.24) is 9.78 Å². The lowest BCUT2D eigenvalue weighted by Gasteiger charge is -2.09. The van der Waals surface area contributed by atoms with E-state index in [1.165, 1.54) is 25.1 Å². The Balaban J connectivity index is 1.57. The van der Waals surface area contributed by atoms with Crippen LogP contribution in [0.2, 0.25) is 0 Å². The molecule has 4 aromatic rings. The van der Waals surface area contributed by atoms with Crippen molar-refractivity contribution in [3.8, 4) is 5.75 Å². The minimum Gasteiger partial charge on any atom is -0.479 e. The fourth-order valence-electron chi connectivity index (χ4n) is 3.81. The quantitative estimate of drug-likeness (QED) is 0.243. The van der Waals surface area contributed by atoms with Gasteiger partial charge in [-0.1, -0.05) is 66.2 Å². The standard InChI is InChI=1S/C29H25F3N2O5/c1-18-5-11-22(12-6-18)27(35)26-24-16-23(39-29(30,31)32)13-14-25(24)34(33-26)15-3-4-20-7-9-21(10-8-20)17-38-19(2)28(36)37/h3-14,16,19H,15,17H2,1-2H3,(H,36,37)/t19-/m1/s1. The van der Waals surface area contributed by atoms with E-state index in [4.69, 9.17) is 9.84 Å². The summed E-state index contributed by atoms with van der Waals surface area (Å²) in [5, 5.41) is 13.6. The van der Waals surface area contributed by atoms with E-state index in [2.05, 4.69) is 9.84 Å². The molecule has 0 unspecified atom stereocenters. The van der Waals surface area contributed by atoms with Gasteiger partial charge in [0.1, 0.15) is 11.4 Å². The first kappa shape index (κ1) is 27.6. The molecule has 4 rings (SSSR count). The van der Waals surface area contributed by atoms with Gasteiger partial charge in [-0.25, -0.2) is 4.79 Å². The van der Waals surface area contributed by atoms with Gasteiger partial charge in [0.05, 0.1) is 18.7 Å². The Kier molecular flexibility index (Phi) is 8.15. The molecule has 0 amide bonds. The van der Waals surface area contributed by atoms with Crippen LogP contribution in [0.25, 0.3) is 17.0 Å². The van der Waals surface area contributed by atoms with Gasteiger partial charge in [0.2, 0.25) is 5.78 Å². The van der Waals surface area contributed by atoms with Crippen LogP contribution in [0.3, 0.4) is 0 Å². The van der Waals surface area contributed by atoms with Crippen LogP contribution in [0.5, 0.6) is 5.75 Å². The smallest absolute Gasteiger partial charge is 0.479 e. The van der Waals surface area contributed by atoms with Crippen LogP contribution in [-0.4, -0.2) is 39.1 Å². The number of carboxylic acid groups (broad SMARTS) is 1. The Hall–Kier alpha value is -4.44. The van der Waals surface area contributed by atoms with Crippen LogP contribution in [0.1, 0.15) is 39.7 Å². The fourth-order valence-corrected chi connectivity index (χ4v) is 3.81. The van der Waals surface area contributed by atoms with Gasteiger partial charge in [-0.15, -0.1) is 13.2 Å². The number of ether oxygens (including phenoxy) is 2. The highest BCUT2D eigenvalue weighted by atomic mass is 19.4. The van der Waals surface area contributed by atoms with E-state index >= 15 is 0 Å². The molecule has 3 aromatic carbocycles. The number of aromatic nitrogens is 2. The molecule has 0 saturated heterocycles. The summed E-state index contributed by atoms with van der Waals surface area (Å²) in [7, 11) is 0. The number of ketones is 1. The zero-order valence-electron chi connectivity index (χ0n) is 21.1. The molecule has 202 valence electrons. The number of allylic oxidation sites excluding steroid dienone is 1. The summed E-state index contributed by atoms with van der Waals surface area (Å²) in [6, 6.07) is 18.0. The molecule has 0 spiro atoms. The zero-order chi connectivity index (χ0) is 28.2. The number of halogens is 3. The summed E-state index contributed by atoms with van der Waals surface area (Å²) in [5.74, 6) is -1.89. The van der Waals surface area contributed by atoms with Crippen LogP contribution in [0.4, 0.5) is 13.2 Å². The lowest BCUT2D eigenvalue weighted by Crippen LogP contribution is -2.19. The van der Waals surface area contributed by atoms with Gasteiger partial charge in [-0.2, -0.15) is 5.10 Å². The Bertz CT molecular complexity index is 1510. The lowest BCUT2D eigenvalue weighted by molar-refractivity contribution is -0.274. The van der Waals surface area contributed by atoms with Crippen molar-refractivity contribution in [3.63, 3.8) is 0 Å². The number of carbonyl (C=O) groups is 2. The normalized spacial score (nSPS) is 12.6. The van der Waals surface area contributed by atoms with Crippen LogP contribution in [0, 0.1) is 6.92 Å². The van der Waals surface area contributed by atoms with Crippen molar-refractivity contribution in [2.24, 2.45) is 0 Å². The summed E-state index contributed by atoms with van der Waals surface area (Å²) >= 11 is 0. The molecule has 39 heavy (non-hydrogen) atoms. The van der Waals surface area contributed by atoms with Crippen molar-refractivity contribution in [2.75, 3.05) is 0 Å². The Labute approximate surface area is 222 Å². The molecule has 1 aromatic heterocycles. The first-order chi connectivity index (χ1) is 18.5. The van der Waals surface area contributed by atoms with E-state index in [0.29, 0.717) is 11.1 Å². The van der Waals surface area contributed by atoms with E-state index in [1.807, 2.05) is 43.3 Å². The number of fused-ring (bicyclic) bond motifs is 1. The minimum atomic E-state index is -4.87. The average molecular weight is 539 g/mol. The van der Waals surface area contributed by atoms with Crippen LogP contribution in [0.15, 0.2) is 72.8 Å². The third kappa shape index (κ3) is 7.11. The van der Waals surface area contributed by atoms with Gasteiger partial charge in [0.15, 0.2) is 6.10 Å². The summed E-state index contributed by atoms with van der Waals surface area (Å²) in [4.78, 5) is 24.1. The molecular weight excluding hydrogens is 513 g/mol. The lowest BCUT2D eigenvalue weighted by atomic mass is 10.0. The second-order valence-corrected chi connectivity index (χ2v) is 8.89. The van der Waals surface area contributed by atoms with E-state index in [0.717, 1.165) is 16.7 Å². The maximum atomic E-state index is 13.2. The summed E-state index contributed by atoms with van der Waals surface area (Å²) in [5.41, 5.74) is 3.50. The number of hydrogen-bond donors (Lipinski definition) is 1. The number of carboxylic acids is 1. The molecule has 10 heteroatoms. The van der Waals surface area contributed by atoms with E-state index in [9.17, 15) is 22.8 Å². The Morgan fingerprint density at radius 3 is 2.38 bits per heavy atom. The van der Waals surface area contributed by atoms with Crippen molar-refractivity contribution in [1.29, 1.82) is 0 Å². The van der Waals surface area contributed by atoms with E-state index in [1.54, 1.807) is 28.9 Å². The number of benzene rings is 3. The molecule has 1 N–H and O–H groups in total. The topological polar surface area (TPSA) is 90.7 Å². The average Bonchev–Trinajstić information content (AvgIpc) is 3.24. The highest BCUT2D eigenvalue weighted by molar-refractivity contribution is 6.15. The van der Waals surface area contributed by atoms with Crippen molar-refractivity contribution >= 4 is 28.7 Å². The van der Waals surface area contributed by atoms with Gasteiger partial charge in [0, 0.05) is 10.9 Å². The number of alkyl halides is 3. The van der Waals surface area contributed by atoms with Gasteiger partial charge in [-0.3, -0.25) is 9.48 Å². The number of aliphatic carboxylic acids is 1. The van der Waals surface area contributed by atoms with Crippen molar-refractivity contribution in [2.45, 2.75) is 39.5 Å². The second kappa shape index (κ2) is 11.5. The number of hydrogen-bond acceptors (Lipinski definition) is 5. The number of rotatable bonds is 10. The SMILES string of the molecule is Cc1ccc(C(=O)c2nn(CC=Cc3ccc(CO[C@H](C)C(=O)O)cc3)c3ccc(OC(F)(F)F)cc23)cc1. The number of carbonyl (C=O) groups excluding carboxylic acids is 1. The number of aryl methyl sites for hydroxylation is 1. The maximum Gasteiger partial charge on any atom is 0.573 e. The molecular formula is C29H25F3N2O5. The van der Waals surface area contributed by atoms with Gasteiger partial charge >= 0.3 is 12.3 Å². The van der Waals surface area contributed by atoms with Crippen molar-refractivity contribution in [3.05, 3.63) is 101 Å². The van der Waals surface area contributed by atoms with Gasteiger partial charge in [-0.05, 0) is 43.2 Å². The highest BCUT2D eigenvalue weighted by Crippen LogP contribution is 2.29. The molecule has 0 bridgehead atoms. The van der Waals surface area contributed by atoms with Crippen LogP contribution < -0.4 is 4.74 Å². The summed E-state index contributed by atoms with van der Waals surface area (Å²) in [6.07, 6.45) is -2.14. The number of nitrogens with zero attached hydrogens (tertiary/aromatic N) is 2. The Morgan fingerprint density at radius 1 is 1.05 bits per heavy atom. The molecule has 7 nitrogen and oxygen atoms in total. The Morgan fingerprint density at radius 2 is 1.74 bits per heavy atom. The third-order valence-corrected chi connectivity index (χ3v) is 5.90.